The fraction of sp³-hybridized carbons (Fsp3) is 0.500. The van der Waals surface area contributed by atoms with E-state index in [9.17, 15) is 0 Å². The van der Waals surface area contributed by atoms with Gasteiger partial charge >= 0.3 is 0 Å². The molecule has 102 valence electrons. The lowest BCUT2D eigenvalue weighted by Gasteiger charge is -2.22. The molecule has 0 saturated carbocycles. The zero-order valence-corrected chi connectivity index (χ0v) is 12.7. The first-order chi connectivity index (χ1) is 8.94. The monoisotopic (exact) mass is 256 g/mol. The Morgan fingerprint density at radius 1 is 1.05 bits per heavy atom. The lowest BCUT2D eigenvalue weighted by molar-refractivity contribution is -0.696. The molecule has 2 rings (SSSR count). The van der Waals surface area contributed by atoms with Gasteiger partial charge < -0.3 is 0 Å². The van der Waals surface area contributed by atoms with Gasteiger partial charge in [-0.15, -0.1) is 0 Å². The van der Waals surface area contributed by atoms with Crippen molar-refractivity contribution in [2.75, 3.05) is 0 Å². The van der Waals surface area contributed by atoms with E-state index < -0.39 is 0 Å². The van der Waals surface area contributed by atoms with Crippen LogP contribution in [-0.4, -0.2) is 0 Å². The predicted octanol–water partition coefficient (Wildman–Crippen LogP) is 4.59. The van der Waals surface area contributed by atoms with E-state index >= 15 is 0 Å². The second-order valence-electron chi connectivity index (χ2n) is 6.97. The van der Waals surface area contributed by atoms with Gasteiger partial charge in [-0.1, -0.05) is 45.9 Å². The molecule has 0 spiro atoms. The minimum Gasteiger partial charge on any atom is -0.204 e. The molecule has 0 aliphatic carbocycles. The topological polar surface area (TPSA) is 3.88 Å². The summed E-state index contributed by atoms with van der Waals surface area (Å²) < 4.78 is 2.32. The van der Waals surface area contributed by atoms with Crippen molar-refractivity contribution >= 4 is 10.8 Å². The van der Waals surface area contributed by atoms with Crippen LogP contribution in [0.1, 0.15) is 40.5 Å². The Labute approximate surface area is 117 Å². The summed E-state index contributed by atoms with van der Waals surface area (Å²) in [6.45, 7) is 10.5. The molecule has 19 heavy (non-hydrogen) atoms. The predicted molar refractivity (Wildman–Crippen MR) is 82.0 cm³/mol. The average Bonchev–Trinajstić information content (AvgIpc) is 2.34. The van der Waals surface area contributed by atoms with E-state index in [1.165, 1.54) is 23.6 Å². The molecule has 0 aliphatic rings. The van der Waals surface area contributed by atoms with E-state index in [-0.39, 0.29) is 0 Å². The molecule has 1 heteroatoms. The van der Waals surface area contributed by atoms with Crippen molar-refractivity contribution in [2.45, 2.75) is 47.1 Å². The Balaban J connectivity index is 1.98. The summed E-state index contributed by atoms with van der Waals surface area (Å²) in [5.41, 5.74) is 0.438. The number of pyridine rings is 1. The summed E-state index contributed by atoms with van der Waals surface area (Å²) in [6.07, 6.45) is 7.01. The van der Waals surface area contributed by atoms with Crippen LogP contribution >= 0.6 is 0 Å². The van der Waals surface area contributed by atoms with Gasteiger partial charge in [-0.05, 0) is 29.2 Å². The molecule has 1 aromatic heterocycles. The highest BCUT2D eigenvalue weighted by atomic mass is 14.9. The first-order valence-corrected chi connectivity index (χ1v) is 7.32. The summed E-state index contributed by atoms with van der Waals surface area (Å²) in [5.74, 6) is 0.777. The summed E-state index contributed by atoms with van der Waals surface area (Å²) in [6, 6.07) is 10.8. The Bertz CT molecular complexity index is 537. The van der Waals surface area contributed by atoms with E-state index in [1.807, 2.05) is 0 Å². The number of hydrogen-bond donors (Lipinski definition) is 0. The Kier molecular flexibility index (Phi) is 4.24. The standard InChI is InChI=1S/C18H26N/c1-15(13-18(2,3)4)9-11-19-12-10-16-7-5-6-8-17(16)14-19/h5-8,10,12,14-15H,9,11,13H2,1-4H3/q+1. The SMILES string of the molecule is CC(CC[n+]1ccc2ccccc2c1)CC(C)(C)C. The van der Waals surface area contributed by atoms with Gasteiger partial charge in [0, 0.05) is 17.9 Å². The van der Waals surface area contributed by atoms with Crippen LogP contribution in [0.2, 0.25) is 0 Å². The van der Waals surface area contributed by atoms with E-state index in [4.69, 9.17) is 0 Å². The Morgan fingerprint density at radius 2 is 1.74 bits per heavy atom. The fourth-order valence-electron chi connectivity index (χ4n) is 2.83. The molecule has 1 heterocycles. The molecule has 0 saturated heterocycles. The van der Waals surface area contributed by atoms with Crippen LogP contribution in [0, 0.1) is 11.3 Å². The summed E-state index contributed by atoms with van der Waals surface area (Å²) in [4.78, 5) is 0. The van der Waals surface area contributed by atoms with Gasteiger partial charge in [-0.3, -0.25) is 0 Å². The van der Waals surface area contributed by atoms with Crippen molar-refractivity contribution in [1.29, 1.82) is 0 Å². The Morgan fingerprint density at radius 3 is 2.42 bits per heavy atom. The normalized spacial score (nSPS) is 13.7. The highest BCUT2D eigenvalue weighted by Gasteiger charge is 2.16. The molecule has 1 atom stereocenters. The van der Waals surface area contributed by atoms with E-state index in [2.05, 4.69) is 75.0 Å². The smallest absolute Gasteiger partial charge is 0.176 e. The number of hydrogen-bond acceptors (Lipinski definition) is 0. The number of fused-ring (bicyclic) bond motifs is 1. The van der Waals surface area contributed by atoms with Crippen molar-refractivity contribution in [2.24, 2.45) is 11.3 Å². The molecule has 1 nitrogen and oxygen atoms in total. The third kappa shape index (κ3) is 4.34. The lowest BCUT2D eigenvalue weighted by Crippen LogP contribution is -2.33. The van der Waals surface area contributed by atoms with Crippen LogP contribution in [0.5, 0.6) is 0 Å². The van der Waals surface area contributed by atoms with E-state index in [1.54, 1.807) is 0 Å². The van der Waals surface area contributed by atoms with Crippen LogP contribution < -0.4 is 4.57 Å². The number of aromatic nitrogens is 1. The van der Waals surface area contributed by atoms with Gasteiger partial charge in [0.1, 0.15) is 6.54 Å². The molecule has 0 aliphatic heterocycles. The van der Waals surface area contributed by atoms with Crippen molar-refractivity contribution < 1.29 is 4.57 Å². The zero-order chi connectivity index (χ0) is 13.9. The largest absolute Gasteiger partial charge is 0.204 e. The third-order valence-electron chi connectivity index (χ3n) is 3.59. The maximum Gasteiger partial charge on any atom is 0.176 e. The molecule has 1 unspecified atom stereocenters. The molecule has 0 radical (unpaired) electrons. The van der Waals surface area contributed by atoms with Crippen molar-refractivity contribution in [3.05, 3.63) is 42.7 Å². The molecule has 0 bridgehead atoms. The number of rotatable bonds is 4. The average molecular weight is 256 g/mol. The van der Waals surface area contributed by atoms with E-state index in [0.29, 0.717) is 5.41 Å². The summed E-state index contributed by atoms with van der Waals surface area (Å²) in [7, 11) is 0. The first-order valence-electron chi connectivity index (χ1n) is 7.32. The van der Waals surface area contributed by atoms with Gasteiger partial charge in [0.05, 0.1) is 0 Å². The van der Waals surface area contributed by atoms with Crippen LogP contribution in [0.3, 0.4) is 0 Å². The van der Waals surface area contributed by atoms with Crippen LogP contribution in [0.4, 0.5) is 0 Å². The lowest BCUT2D eigenvalue weighted by atomic mass is 9.84. The minimum atomic E-state index is 0.438. The highest BCUT2D eigenvalue weighted by Crippen LogP contribution is 2.25. The number of aryl methyl sites for hydroxylation is 1. The van der Waals surface area contributed by atoms with Crippen molar-refractivity contribution in [1.82, 2.24) is 0 Å². The van der Waals surface area contributed by atoms with Crippen LogP contribution in [0.15, 0.2) is 42.7 Å². The maximum atomic E-state index is 2.37. The summed E-state index contributed by atoms with van der Waals surface area (Å²) in [5, 5.41) is 2.65. The van der Waals surface area contributed by atoms with E-state index in [0.717, 1.165) is 12.5 Å². The molecule has 1 aromatic carbocycles. The summed E-state index contributed by atoms with van der Waals surface area (Å²) >= 11 is 0. The molecular formula is C18H26N+. The molecule has 0 fully saturated rings. The number of benzene rings is 1. The molecular weight excluding hydrogens is 230 g/mol. The van der Waals surface area contributed by atoms with Crippen molar-refractivity contribution in [3.63, 3.8) is 0 Å². The van der Waals surface area contributed by atoms with Gasteiger partial charge in [0.2, 0.25) is 0 Å². The Hall–Kier alpha value is -1.37. The second kappa shape index (κ2) is 5.73. The van der Waals surface area contributed by atoms with Gasteiger partial charge in [0.15, 0.2) is 12.4 Å². The molecule has 2 aromatic rings. The van der Waals surface area contributed by atoms with Crippen molar-refractivity contribution in [3.8, 4) is 0 Å². The molecule has 0 N–H and O–H groups in total. The van der Waals surface area contributed by atoms with Gasteiger partial charge in [0.25, 0.3) is 0 Å². The fourth-order valence-corrected chi connectivity index (χ4v) is 2.83. The van der Waals surface area contributed by atoms with Gasteiger partial charge in [-0.25, -0.2) is 4.57 Å². The maximum absolute atomic E-state index is 2.37. The quantitative estimate of drug-likeness (QED) is 0.704. The second-order valence-corrected chi connectivity index (χ2v) is 6.97. The van der Waals surface area contributed by atoms with Crippen LogP contribution in [-0.2, 0) is 6.54 Å². The number of nitrogens with zero attached hydrogens (tertiary/aromatic N) is 1. The minimum absolute atomic E-state index is 0.438. The highest BCUT2D eigenvalue weighted by molar-refractivity contribution is 5.80. The zero-order valence-electron chi connectivity index (χ0n) is 12.7. The molecule has 0 amide bonds. The third-order valence-corrected chi connectivity index (χ3v) is 3.59. The van der Waals surface area contributed by atoms with Crippen LogP contribution in [0.25, 0.3) is 10.8 Å². The van der Waals surface area contributed by atoms with Gasteiger partial charge in [-0.2, -0.15) is 0 Å². The first kappa shape index (κ1) is 14.0.